The van der Waals surface area contributed by atoms with Gasteiger partial charge < -0.3 is 10.2 Å². The Balaban J connectivity index is 1.71. The topological polar surface area (TPSA) is 15.3 Å². The largest absolute Gasteiger partial charge is 0.307 e. The Kier molecular flexibility index (Phi) is 4.37. The van der Waals surface area contributed by atoms with Crippen molar-refractivity contribution in [2.24, 2.45) is 0 Å². The van der Waals surface area contributed by atoms with Crippen molar-refractivity contribution in [2.75, 3.05) is 25.9 Å². The van der Waals surface area contributed by atoms with Crippen molar-refractivity contribution in [1.82, 2.24) is 10.2 Å². The average molecular weight is 297 g/mol. The van der Waals surface area contributed by atoms with E-state index in [0.29, 0.717) is 12.1 Å². The summed E-state index contributed by atoms with van der Waals surface area (Å²) in [6, 6.07) is 7.48. The molecule has 0 spiro atoms. The number of nitrogens with zero attached hydrogens (tertiary/aromatic N) is 1. The second-order valence-electron chi connectivity index (χ2n) is 5.62. The number of rotatable bonds is 2. The van der Waals surface area contributed by atoms with Crippen LogP contribution < -0.4 is 5.32 Å². The first-order valence-electron chi connectivity index (χ1n) is 7.09. The number of hydrogen-bond donors (Lipinski definition) is 1. The third kappa shape index (κ3) is 3.27. The lowest BCUT2D eigenvalue weighted by Gasteiger charge is -2.34. The first-order valence-corrected chi connectivity index (χ1v) is 8.45. The van der Waals surface area contributed by atoms with Gasteiger partial charge in [-0.05, 0) is 68.9 Å². The number of benzene rings is 1. The molecule has 0 amide bonds. The fourth-order valence-electron chi connectivity index (χ4n) is 3.00. The zero-order valence-corrected chi connectivity index (χ0v) is 12.9. The Hall–Kier alpha value is -0.220. The van der Waals surface area contributed by atoms with Gasteiger partial charge in [-0.1, -0.05) is 11.6 Å². The zero-order valence-electron chi connectivity index (χ0n) is 11.4. The second-order valence-corrected chi connectivity index (χ2v) is 7.19. The van der Waals surface area contributed by atoms with Gasteiger partial charge in [-0.15, -0.1) is 11.8 Å². The van der Waals surface area contributed by atoms with Crippen LogP contribution in [0.5, 0.6) is 0 Å². The molecule has 2 nitrogen and oxygen atoms in total. The summed E-state index contributed by atoms with van der Waals surface area (Å²) in [5, 5.41) is 4.72. The lowest BCUT2D eigenvalue weighted by atomic mass is 9.99. The first-order chi connectivity index (χ1) is 9.22. The van der Waals surface area contributed by atoms with E-state index in [0.717, 1.165) is 5.02 Å². The molecular formula is C15H21ClN2S. The third-order valence-corrected chi connectivity index (χ3v) is 5.52. The highest BCUT2D eigenvalue weighted by Gasteiger charge is 2.25. The van der Waals surface area contributed by atoms with Crippen LogP contribution in [0.4, 0.5) is 0 Å². The number of piperidine rings is 1. The molecule has 1 saturated heterocycles. The maximum Gasteiger partial charge on any atom is 0.0410 e. The van der Waals surface area contributed by atoms with Gasteiger partial charge in [-0.3, -0.25) is 0 Å². The summed E-state index contributed by atoms with van der Waals surface area (Å²) in [5.74, 6) is 1.21. The Labute approximate surface area is 124 Å². The van der Waals surface area contributed by atoms with Crippen LogP contribution in [-0.4, -0.2) is 36.8 Å². The van der Waals surface area contributed by atoms with Crippen molar-refractivity contribution in [3.05, 3.63) is 28.8 Å². The molecule has 2 aliphatic heterocycles. The highest BCUT2D eigenvalue weighted by molar-refractivity contribution is 7.99. The van der Waals surface area contributed by atoms with E-state index in [2.05, 4.69) is 29.4 Å². The van der Waals surface area contributed by atoms with E-state index in [-0.39, 0.29) is 0 Å². The molecule has 4 heteroatoms. The molecule has 0 saturated carbocycles. The molecule has 0 radical (unpaired) electrons. The molecule has 1 N–H and O–H groups in total. The van der Waals surface area contributed by atoms with Crippen LogP contribution in [-0.2, 0) is 0 Å². The molecule has 1 aromatic carbocycles. The molecule has 2 heterocycles. The normalized spacial score (nSPS) is 25.3. The molecule has 1 aromatic rings. The van der Waals surface area contributed by atoms with Crippen LogP contribution in [0.2, 0.25) is 5.02 Å². The minimum atomic E-state index is 0.489. The molecule has 1 fully saturated rings. The van der Waals surface area contributed by atoms with Crippen LogP contribution in [0.15, 0.2) is 23.1 Å². The minimum absolute atomic E-state index is 0.489. The quantitative estimate of drug-likeness (QED) is 0.898. The summed E-state index contributed by atoms with van der Waals surface area (Å²) in [6.07, 6.45) is 3.73. The Morgan fingerprint density at radius 1 is 1.26 bits per heavy atom. The van der Waals surface area contributed by atoms with Crippen molar-refractivity contribution >= 4 is 23.4 Å². The monoisotopic (exact) mass is 296 g/mol. The number of likely N-dealkylation sites (tertiary alicyclic amines) is 1. The first kappa shape index (κ1) is 13.7. The predicted molar refractivity (Wildman–Crippen MR) is 83.2 cm³/mol. The third-order valence-electron chi connectivity index (χ3n) is 4.17. The number of fused-ring (bicyclic) bond motifs is 1. The van der Waals surface area contributed by atoms with E-state index >= 15 is 0 Å². The smallest absolute Gasteiger partial charge is 0.0410 e. The van der Waals surface area contributed by atoms with Crippen molar-refractivity contribution in [3.63, 3.8) is 0 Å². The summed E-state index contributed by atoms with van der Waals surface area (Å²) >= 11 is 8.12. The van der Waals surface area contributed by atoms with Gasteiger partial charge in [0.25, 0.3) is 0 Å². The molecule has 3 rings (SSSR count). The molecule has 0 aliphatic carbocycles. The molecule has 1 unspecified atom stereocenters. The van der Waals surface area contributed by atoms with Gasteiger partial charge in [0.05, 0.1) is 0 Å². The fraction of sp³-hybridized carbons (Fsp3) is 0.600. The van der Waals surface area contributed by atoms with E-state index in [4.69, 9.17) is 11.6 Å². The Morgan fingerprint density at radius 2 is 2.05 bits per heavy atom. The summed E-state index contributed by atoms with van der Waals surface area (Å²) < 4.78 is 0. The van der Waals surface area contributed by atoms with E-state index in [9.17, 15) is 0 Å². The molecule has 19 heavy (non-hydrogen) atoms. The Bertz CT molecular complexity index is 444. The highest BCUT2D eigenvalue weighted by Crippen LogP contribution is 2.38. The van der Waals surface area contributed by atoms with E-state index in [1.807, 2.05) is 17.8 Å². The standard InChI is InChI=1S/C15H21ClN2S/c1-18-7-4-12(5-8-18)17-14-6-9-19-15-3-2-11(16)10-13(14)15/h2-3,10,12,14,17H,4-9H2,1H3. The molecule has 0 bridgehead atoms. The van der Waals surface area contributed by atoms with E-state index in [1.54, 1.807) is 0 Å². The molecule has 0 aromatic heterocycles. The second kappa shape index (κ2) is 6.04. The summed E-state index contributed by atoms with van der Waals surface area (Å²) in [5.41, 5.74) is 1.41. The van der Waals surface area contributed by atoms with Gasteiger partial charge in [0, 0.05) is 22.0 Å². The molecule has 104 valence electrons. The van der Waals surface area contributed by atoms with Crippen LogP contribution in [0.25, 0.3) is 0 Å². The number of hydrogen-bond acceptors (Lipinski definition) is 3. The van der Waals surface area contributed by atoms with Crippen molar-refractivity contribution < 1.29 is 0 Å². The van der Waals surface area contributed by atoms with Crippen molar-refractivity contribution in [3.8, 4) is 0 Å². The summed E-state index contributed by atoms with van der Waals surface area (Å²) in [4.78, 5) is 3.82. The number of nitrogens with one attached hydrogen (secondary N) is 1. The SMILES string of the molecule is CN1CCC(NC2CCSc3ccc(Cl)cc32)CC1. The van der Waals surface area contributed by atoms with Gasteiger partial charge in [0.2, 0.25) is 0 Å². The van der Waals surface area contributed by atoms with Gasteiger partial charge in [-0.2, -0.15) is 0 Å². The lowest BCUT2D eigenvalue weighted by Crippen LogP contribution is -2.42. The van der Waals surface area contributed by atoms with Crippen LogP contribution in [0.3, 0.4) is 0 Å². The van der Waals surface area contributed by atoms with Gasteiger partial charge in [0.15, 0.2) is 0 Å². The average Bonchev–Trinajstić information content (AvgIpc) is 2.42. The van der Waals surface area contributed by atoms with Gasteiger partial charge >= 0.3 is 0 Å². The molecule has 2 aliphatic rings. The lowest BCUT2D eigenvalue weighted by molar-refractivity contribution is 0.223. The minimum Gasteiger partial charge on any atom is -0.307 e. The van der Waals surface area contributed by atoms with Crippen LogP contribution >= 0.6 is 23.4 Å². The fourth-order valence-corrected chi connectivity index (χ4v) is 4.28. The summed E-state index contributed by atoms with van der Waals surface area (Å²) in [6.45, 7) is 2.42. The Morgan fingerprint density at radius 3 is 2.84 bits per heavy atom. The van der Waals surface area contributed by atoms with Crippen molar-refractivity contribution in [2.45, 2.75) is 36.2 Å². The zero-order chi connectivity index (χ0) is 13.2. The van der Waals surface area contributed by atoms with E-state index in [1.165, 1.54) is 48.6 Å². The maximum absolute atomic E-state index is 6.16. The van der Waals surface area contributed by atoms with Crippen molar-refractivity contribution in [1.29, 1.82) is 0 Å². The maximum atomic E-state index is 6.16. The van der Waals surface area contributed by atoms with E-state index < -0.39 is 0 Å². The summed E-state index contributed by atoms with van der Waals surface area (Å²) in [7, 11) is 2.21. The number of thioether (sulfide) groups is 1. The van der Waals surface area contributed by atoms with Crippen LogP contribution in [0.1, 0.15) is 30.9 Å². The molecular weight excluding hydrogens is 276 g/mol. The highest BCUT2D eigenvalue weighted by atomic mass is 35.5. The van der Waals surface area contributed by atoms with Crippen LogP contribution in [0, 0.1) is 0 Å². The predicted octanol–water partition coefficient (Wildman–Crippen LogP) is 3.56. The van der Waals surface area contributed by atoms with Gasteiger partial charge in [-0.25, -0.2) is 0 Å². The number of halogens is 1. The molecule has 1 atom stereocenters. The van der Waals surface area contributed by atoms with Gasteiger partial charge in [0.1, 0.15) is 0 Å².